The molecule has 216 valence electrons. The van der Waals surface area contributed by atoms with Crippen molar-refractivity contribution >= 4 is 11.8 Å². The first-order valence-corrected chi connectivity index (χ1v) is 12.9. The Kier molecular flexibility index (Phi) is 6.90. The van der Waals surface area contributed by atoms with Gasteiger partial charge in [-0.1, -0.05) is 30.3 Å². The van der Waals surface area contributed by atoms with E-state index in [4.69, 9.17) is 5.73 Å². The van der Waals surface area contributed by atoms with Gasteiger partial charge in [-0.3, -0.25) is 9.59 Å². The topological polar surface area (TPSA) is 63.4 Å². The summed E-state index contributed by atoms with van der Waals surface area (Å²) in [6.45, 7) is 0.614. The van der Waals surface area contributed by atoms with Gasteiger partial charge < -0.3 is 10.6 Å². The molecule has 0 radical (unpaired) electrons. The van der Waals surface area contributed by atoms with Gasteiger partial charge in [-0.2, -0.15) is 13.2 Å². The number of halogens is 7. The molecule has 1 unspecified atom stereocenters. The number of primary amides is 1. The van der Waals surface area contributed by atoms with Crippen LogP contribution in [0.1, 0.15) is 62.7 Å². The molecule has 41 heavy (non-hydrogen) atoms. The molecule has 2 N–H and O–H groups in total. The van der Waals surface area contributed by atoms with Crippen LogP contribution in [0.25, 0.3) is 0 Å². The predicted molar refractivity (Wildman–Crippen MR) is 135 cm³/mol. The highest BCUT2D eigenvalue weighted by Crippen LogP contribution is 2.51. The molecule has 3 aromatic carbocycles. The van der Waals surface area contributed by atoms with Gasteiger partial charge in [0.25, 0.3) is 11.8 Å². The van der Waals surface area contributed by atoms with E-state index in [9.17, 15) is 40.3 Å². The van der Waals surface area contributed by atoms with Crippen LogP contribution in [0.15, 0.2) is 54.6 Å². The Bertz CT molecular complexity index is 1510. The Hall–Kier alpha value is -3.89. The standard InChI is InChI=1S/C30H25F7N2O2/c1-28(34,30(35,36)37)19-5-8-21-17(12-19)4-9-24-29(21,15-16-2-6-20(31)7-3-16)10-11-39(24)27(41)18-13-22(32)25(26(38)40)23(33)14-18/h2-3,5-8,12-14,24H,4,9-11,15H2,1H3,(H2,38,40)/t24-,28?,29-/m1/s1. The lowest BCUT2D eigenvalue weighted by Gasteiger charge is -2.44. The molecule has 1 heterocycles. The van der Waals surface area contributed by atoms with Gasteiger partial charge in [0.1, 0.15) is 23.0 Å². The molecule has 5 rings (SSSR count). The average molecular weight is 579 g/mol. The highest BCUT2D eigenvalue weighted by Gasteiger charge is 2.55. The molecule has 0 saturated carbocycles. The number of amides is 2. The molecule has 1 saturated heterocycles. The van der Waals surface area contributed by atoms with Crippen molar-refractivity contribution in [1.82, 2.24) is 4.90 Å². The summed E-state index contributed by atoms with van der Waals surface area (Å²) in [5.41, 5.74) is 0.619. The van der Waals surface area contributed by atoms with Gasteiger partial charge in [0.15, 0.2) is 0 Å². The summed E-state index contributed by atoms with van der Waals surface area (Å²) in [6.07, 6.45) is -4.01. The third-order valence-corrected chi connectivity index (χ3v) is 8.45. The van der Waals surface area contributed by atoms with Crippen molar-refractivity contribution in [1.29, 1.82) is 0 Å². The van der Waals surface area contributed by atoms with Crippen LogP contribution in [0, 0.1) is 17.5 Å². The van der Waals surface area contributed by atoms with Crippen molar-refractivity contribution in [3.05, 3.63) is 105 Å². The lowest BCUT2D eigenvalue weighted by Crippen LogP contribution is -2.49. The van der Waals surface area contributed by atoms with E-state index in [1.807, 2.05) is 0 Å². The van der Waals surface area contributed by atoms with Crippen LogP contribution in [0.2, 0.25) is 0 Å². The van der Waals surface area contributed by atoms with Gasteiger partial charge in [0.2, 0.25) is 5.67 Å². The maximum Gasteiger partial charge on any atom is 0.426 e. The molecular formula is C30H25F7N2O2. The van der Waals surface area contributed by atoms with Crippen LogP contribution in [0.3, 0.4) is 0 Å². The number of nitrogens with two attached hydrogens (primary N) is 1. The lowest BCUT2D eigenvalue weighted by atomic mass is 9.63. The van der Waals surface area contributed by atoms with Crippen LogP contribution in [-0.4, -0.2) is 35.5 Å². The molecule has 1 fully saturated rings. The van der Waals surface area contributed by atoms with Crippen LogP contribution in [0.5, 0.6) is 0 Å². The largest absolute Gasteiger partial charge is 0.426 e. The van der Waals surface area contributed by atoms with Crippen molar-refractivity contribution in [2.75, 3.05) is 6.54 Å². The number of alkyl halides is 4. The molecule has 0 bridgehead atoms. The highest BCUT2D eigenvalue weighted by molar-refractivity contribution is 5.98. The van der Waals surface area contributed by atoms with E-state index < -0.39 is 63.7 Å². The van der Waals surface area contributed by atoms with E-state index in [2.05, 4.69) is 0 Å². The molecule has 0 spiro atoms. The fourth-order valence-corrected chi connectivity index (χ4v) is 6.33. The van der Waals surface area contributed by atoms with Gasteiger partial charge in [-0.25, -0.2) is 17.6 Å². The molecule has 2 amide bonds. The first kappa shape index (κ1) is 28.6. The fraction of sp³-hybridized carbons (Fsp3) is 0.333. The summed E-state index contributed by atoms with van der Waals surface area (Å²) >= 11 is 0. The van der Waals surface area contributed by atoms with E-state index >= 15 is 0 Å². The van der Waals surface area contributed by atoms with Crippen molar-refractivity contribution in [2.45, 2.75) is 55.9 Å². The molecule has 1 aliphatic heterocycles. The zero-order valence-corrected chi connectivity index (χ0v) is 21.8. The number of carbonyl (C=O) groups is 2. The van der Waals surface area contributed by atoms with Crippen molar-refractivity contribution in [3.8, 4) is 0 Å². The molecule has 0 aromatic heterocycles. The Labute approximate surface area is 230 Å². The third-order valence-electron chi connectivity index (χ3n) is 8.45. The van der Waals surface area contributed by atoms with Gasteiger partial charge >= 0.3 is 6.18 Å². The molecule has 11 heteroatoms. The number of nitrogens with zero attached hydrogens (tertiary/aromatic N) is 1. The smallest absolute Gasteiger partial charge is 0.365 e. The fourth-order valence-electron chi connectivity index (χ4n) is 6.33. The summed E-state index contributed by atoms with van der Waals surface area (Å²) in [5.74, 6) is -5.04. The van der Waals surface area contributed by atoms with Gasteiger partial charge in [-0.15, -0.1) is 0 Å². The van der Waals surface area contributed by atoms with Gasteiger partial charge in [0, 0.05) is 23.6 Å². The van der Waals surface area contributed by atoms with E-state index in [0.29, 0.717) is 30.0 Å². The number of fused-ring (bicyclic) bond motifs is 3. The second-order valence-electron chi connectivity index (χ2n) is 10.8. The minimum Gasteiger partial charge on any atom is -0.365 e. The van der Waals surface area contributed by atoms with Crippen LogP contribution >= 0.6 is 0 Å². The third kappa shape index (κ3) is 4.74. The molecule has 1 aliphatic carbocycles. The maximum absolute atomic E-state index is 14.8. The molecule has 4 nitrogen and oxygen atoms in total. The minimum absolute atomic E-state index is 0.149. The lowest BCUT2D eigenvalue weighted by molar-refractivity contribution is -0.228. The Balaban J connectivity index is 1.58. The van der Waals surface area contributed by atoms with Crippen LogP contribution < -0.4 is 5.73 Å². The number of hydrogen-bond donors (Lipinski definition) is 1. The number of carbonyl (C=O) groups excluding carboxylic acids is 2. The SMILES string of the molecule is CC(F)(c1ccc2c(c1)CC[C@H]1N(C(=O)c3cc(F)c(C(N)=O)c(F)c3)CC[C@@]21Cc1ccc(F)cc1)C(F)(F)F. The summed E-state index contributed by atoms with van der Waals surface area (Å²) in [4.78, 5) is 26.5. The number of aryl methyl sites for hydroxylation is 1. The summed E-state index contributed by atoms with van der Waals surface area (Å²) in [7, 11) is 0. The first-order valence-electron chi connectivity index (χ1n) is 12.9. The molecule has 3 aromatic rings. The number of hydrogen-bond acceptors (Lipinski definition) is 2. The predicted octanol–water partition coefficient (Wildman–Crippen LogP) is 6.29. The van der Waals surface area contributed by atoms with Crippen molar-refractivity contribution in [2.24, 2.45) is 5.73 Å². The maximum atomic E-state index is 14.8. The zero-order chi connectivity index (χ0) is 29.9. The number of likely N-dealkylation sites (tertiary alicyclic amines) is 1. The normalized spacial score (nSPS) is 21.7. The molecule has 3 atom stereocenters. The Morgan fingerprint density at radius 3 is 2.20 bits per heavy atom. The Morgan fingerprint density at radius 1 is 0.976 bits per heavy atom. The molecular weight excluding hydrogens is 553 g/mol. The molecule has 2 aliphatic rings. The van der Waals surface area contributed by atoms with E-state index in [-0.39, 0.29) is 31.4 Å². The summed E-state index contributed by atoms with van der Waals surface area (Å²) < 4.78 is 97.9. The van der Waals surface area contributed by atoms with Gasteiger partial charge in [-0.05, 0) is 79.1 Å². The van der Waals surface area contributed by atoms with Crippen LogP contribution in [0.4, 0.5) is 30.7 Å². The second kappa shape index (κ2) is 9.88. The number of benzene rings is 3. The van der Waals surface area contributed by atoms with E-state index in [1.54, 1.807) is 12.1 Å². The highest BCUT2D eigenvalue weighted by atomic mass is 19.4. The Morgan fingerprint density at radius 2 is 1.61 bits per heavy atom. The first-order chi connectivity index (χ1) is 19.2. The van der Waals surface area contributed by atoms with Crippen molar-refractivity contribution < 1.29 is 40.3 Å². The number of rotatable bonds is 5. The van der Waals surface area contributed by atoms with Crippen LogP contribution in [-0.2, 0) is 23.9 Å². The second-order valence-corrected chi connectivity index (χ2v) is 10.8. The summed E-state index contributed by atoms with van der Waals surface area (Å²) in [6, 6.07) is 10.4. The summed E-state index contributed by atoms with van der Waals surface area (Å²) in [5, 5.41) is 0. The quantitative estimate of drug-likeness (QED) is 0.362. The van der Waals surface area contributed by atoms with E-state index in [0.717, 1.165) is 18.2 Å². The van der Waals surface area contributed by atoms with Crippen molar-refractivity contribution in [3.63, 3.8) is 0 Å². The van der Waals surface area contributed by atoms with Gasteiger partial charge in [0.05, 0.1) is 0 Å². The van der Waals surface area contributed by atoms with E-state index in [1.165, 1.54) is 29.2 Å². The monoisotopic (exact) mass is 578 g/mol. The zero-order valence-electron chi connectivity index (χ0n) is 21.8. The minimum atomic E-state index is -5.13. The average Bonchev–Trinajstić information content (AvgIpc) is 3.27.